The molecule has 0 aliphatic carbocycles. The van der Waals surface area contributed by atoms with Crippen molar-refractivity contribution in [3.63, 3.8) is 0 Å². The molecule has 0 amide bonds. The highest BCUT2D eigenvalue weighted by Gasteiger charge is 2.26. The second kappa shape index (κ2) is 5.70. The van der Waals surface area contributed by atoms with E-state index in [9.17, 15) is 8.78 Å². The fourth-order valence-corrected chi connectivity index (χ4v) is 3.15. The summed E-state index contributed by atoms with van der Waals surface area (Å²) in [6.45, 7) is 2.37. The van der Waals surface area contributed by atoms with E-state index in [-0.39, 0.29) is 0 Å². The molecule has 2 aromatic heterocycles. The average Bonchev–Trinajstić information content (AvgIpc) is 3.17. The topological polar surface area (TPSA) is 44.8 Å². The van der Waals surface area contributed by atoms with Crippen LogP contribution in [0.5, 0.6) is 0 Å². The molecule has 3 aromatic rings. The van der Waals surface area contributed by atoms with Crippen LogP contribution in [0.15, 0.2) is 36.5 Å². The van der Waals surface area contributed by atoms with Gasteiger partial charge < -0.3 is 4.98 Å². The first kappa shape index (κ1) is 14.3. The first-order valence-electron chi connectivity index (χ1n) is 7.66. The Bertz CT molecular complexity index is 812. The Hall–Kier alpha value is -2.34. The van der Waals surface area contributed by atoms with Crippen molar-refractivity contribution < 1.29 is 8.78 Å². The van der Waals surface area contributed by atoms with Gasteiger partial charge in [0.25, 0.3) is 0 Å². The number of H-pyrrole nitrogens is 1. The number of nitrogens with zero attached hydrogens (tertiary/aromatic N) is 3. The lowest BCUT2D eigenvalue weighted by Crippen LogP contribution is -2.20. The van der Waals surface area contributed by atoms with E-state index in [1.54, 1.807) is 12.3 Å². The summed E-state index contributed by atoms with van der Waals surface area (Å²) in [5.41, 5.74) is 2.47. The van der Waals surface area contributed by atoms with Gasteiger partial charge in [-0.05, 0) is 42.8 Å². The van der Waals surface area contributed by atoms with Gasteiger partial charge in [-0.15, -0.1) is 0 Å². The van der Waals surface area contributed by atoms with Gasteiger partial charge in [-0.1, -0.05) is 6.07 Å². The van der Waals surface area contributed by atoms with Gasteiger partial charge in [-0.3, -0.25) is 4.90 Å². The number of hydrogen-bond donors (Lipinski definition) is 1. The highest BCUT2D eigenvalue weighted by atomic mass is 19.2. The zero-order valence-electron chi connectivity index (χ0n) is 12.5. The number of likely N-dealkylation sites (tertiary alicyclic amines) is 1. The maximum absolute atomic E-state index is 13.3. The van der Waals surface area contributed by atoms with Crippen molar-refractivity contribution in [1.82, 2.24) is 19.9 Å². The molecule has 1 aliphatic rings. The van der Waals surface area contributed by atoms with Crippen LogP contribution in [0.25, 0.3) is 11.2 Å². The van der Waals surface area contributed by atoms with Crippen LogP contribution in [0.2, 0.25) is 0 Å². The van der Waals surface area contributed by atoms with E-state index >= 15 is 0 Å². The molecular weight excluding hydrogens is 298 g/mol. The summed E-state index contributed by atoms with van der Waals surface area (Å²) >= 11 is 0. The minimum absolute atomic E-state index is 0.314. The Labute approximate surface area is 132 Å². The van der Waals surface area contributed by atoms with Gasteiger partial charge in [0.15, 0.2) is 17.3 Å². The smallest absolute Gasteiger partial charge is 0.177 e. The first-order chi connectivity index (χ1) is 11.2. The molecule has 1 aromatic carbocycles. The maximum Gasteiger partial charge on any atom is 0.177 e. The van der Waals surface area contributed by atoms with Gasteiger partial charge in [0.05, 0.1) is 5.52 Å². The van der Waals surface area contributed by atoms with Crippen molar-refractivity contribution in [2.24, 2.45) is 0 Å². The van der Waals surface area contributed by atoms with Gasteiger partial charge in [0.2, 0.25) is 0 Å². The first-order valence-corrected chi connectivity index (χ1v) is 7.66. The second-order valence-corrected chi connectivity index (χ2v) is 5.97. The van der Waals surface area contributed by atoms with E-state index in [0.29, 0.717) is 12.5 Å². The number of fused-ring (bicyclic) bond motifs is 1. The van der Waals surface area contributed by atoms with Gasteiger partial charge in [0.1, 0.15) is 5.82 Å². The van der Waals surface area contributed by atoms with Crippen molar-refractivity contribution in [2.75, 3.05) is 13.1 Å². The van der Waals surface area contributed by atoms with Gasteiger partial charge >= 0.3 is 0 Å². The second-order valence-electron chi connectivity index (χ2n) is 5.97. The van der Waals surface area contributed by atoms with E-state index < -0.39 is 11.6 Å². The van der Waals surface area contributed by atoms with Crippen LogP contribution in [0.4, 0.5) is 8.78 Å². The fourth-order valence-electron chi connectivity index (χ4n) is 3.15. The standard InChI is InChI=1S/C17H16F2N4/c18-13-4-3-11(8-14(13)19)9-23-7-5-12(10-23)16-21-15-2-1-6-20-17(15)22-16/h1-4,6,8,12H,5,7,9-10H2,(H,20,21,22). The van der Waals surface area contributed by atoms with E-state index in [2.05, 4.69) is 19.9 Å². The third-order valence-corrected chi connectivity index (χ3v) is 4.33. The van der Waals surface area contributed by atoms with Crippen LogP contribution >= 0.6 is 0 Å². The number of aromatic nitrogens is 3. The Kier molecular flexibility index (Phi) is 3.53. The van der Waals surface area contributed by atoms with Crippen LogP contribution in [-0.4, -0.2) is 32.9 Å². The summed E-state index contributed by atoms with van der Waals surface area (Å²) in [6, 6.07) is 7.94. The number of pyridine rings is 1. The number of imidazole rings is 1. The third-order valence-electron chi connectivity index (χ3n) is 4.33. The van der Waals surface area contributed by atoms with Crippen LogP contribution in [-0.2, 0) is 6.54 Å². The fraction of sp³-hybridized carbons (Fsp3) is 0.294. The summed E-state index contributed by atoms with van der Waals surface area (Å²) in [6.07, 6.45) is 2.72. The summed E-state index contributed by atoms with van der Waals surface area (Å²) in [7, 11) is 0. The molecule has 1 atom stereocenters. The monoisotopic (exact) mass is 314 g/mol. The highest BCUT2D eigenvalue weighted by molar-refractivity contribution is 5.70. The minimum Gasteiger partial charge on any atom is -0.340 e. The van der Waals surface area contributed by atoms with Gasteiger partial charge in [-0.25, -0.2) is 18.7 Å². The van der Waals surface area contributed by atoms with E-state index in [4.69, 9.17) is 0 Å². The molecule has 3 heterocycles. The third kappa shape index (κ3) is 2.82. The zero-order chi connectivity index (χ0) is 15.8. The molecule has 1 fully saturated rings. The van der Waals surface area contributed by atoms with Crippen molar-refractivity contribution >= 4 is 11.2 Å². The number of aromatic amines is 1. The molecule has 0 radical (unpaired) electrons. The lowest BCUT2D eigenvalue weighted by molar-refractivity contribution is 0.325. The Morgan fingerprint density at radius 1 is 1.22 bits per heavy atom. The molecule has 4 nitrogen and oxygen atoms in total. The summed E-state index contributed by atoms with van der Waals surface area (Å²) in [5, 5.41) is 0. The average molecular weight is 314 g/mol. The molecule has 6 heteroatoms. The van der Waals surface area contributed by atoms with E-state index in [1.807, 2.05) is 12.1 Å². The molecule has 118 valence electrons. The summed E-state index contributed by atoms with van der Waals surface area (Å²) in [4.78, 5) is 14.4. The highest BCUT2D eigenvalue weighted by Crippen LogP contribution is 2.27. The predicted octanol–water partition coefficient (Wildman–Crippen LogP) is 3.23. The number of halogens is 2. The number of hydrogen-bond acceptors (Lipinski definition) is 3. The molecule has 0 bridgehead atoms. The number of nitrogens with one attached hydrogen (secondary N) is 1. The van der Waals surface area contributed by atoms with Crippen molar-refractivity contribution in [3.05, 3.63) is 59.6 Å². The zero-order valence-corrected chi connectivity index (χ0v) is 12.5. The molecular formula is C17H16F2N4. The lowest BCUT2D eigenvalue weighted by atomic mass is 10.1. The van der Waals surface area contributed by atoms with Crippen LogP contribution in [0.1, 0.15) is 23.7 Å². The van der Waals surface area contributed by atoms with Crippen LogP contribution < -0.4 is 0 Å². The number of benzene rings is 1. The van der Waals surface area contributed by atoms with Crippen molar-refractivity contribution in [3.8, 4) is 0 Å². The van der Waals surface area contributed by atoms with Gasteiger partial charge in [0, 0.05) is 25.2 Å². The maximum atomic E-state index is 13.3. The van der Waals surface area contributed by atoms with E-state index in [0.717, 1.165) is 42.1 Å². The Morgan fingerprint density at radius 3 is 2.96 bits per heavy atom. The Morgan fingerprint density at radius 2 is 2.13 bits per heavy atom. The molecule has 0 spiro atoms. The molecule has 0 saturated carbocycles. The van der Waals surface area contributed by atoms with Gasteiger partial charge in [-0.2, -0.15) is 0 Å². The minimum atomic E-state index is -0.803. The quantitative estimate of drug-likeness (QED) is 0.807. The normalized spacial score (nSPS) is 18.8. The lowest BCUT2D eigenvalue weighted by Gasteiger charge is -2.15. The van der Waals surface area contributed by atoms with Crippen LogP contribution in [0.3, 0.4) is 0 Å². The van der Waals surface area contributed by atoms with Crippen LogP contribution in [0, 0.1) is 11.6 Å². The Balaban J connectivity index is 1.47. The molecule has 1 saturated heterocycles. The molecule has 4 rings (SSSR count). The van der Waals surface area contributed by atoms with E-state index in [1.165, 1.54) is 12.1 Å². The molecule has 1 N–H and O–H groups in total. The van der Waals surface area contributed by atoms with Crippen molar-refractivity contribution in [1.29, 1.82) is 0 Å². The molecule has 1 aliphatic heterocycles. The molecule has 23 heavy (non-hydrogen) atoms. The summed E-state index contributed by atoms with van der Waals surface area (Å²) < 4.78 is 26.3. The predicted molar refractivity (Wildman–Crippen MR) is 82.9 cm³/mol. The molecule has 1 unspecified atom stereocenters. The summed E-state index contributed by atoms with van der Waals surface area (Å²) in [5.74, 6) is -0.328. The SMILES string of the molecule is Fc1ccc(CN2CCC(c3nc4ncccc4[nH]3)C2)cc1F. The largest absolute Gasteiger partial charge is 0.340 e. The van der Waals surface area contributed by atoms with Crippen molar-refractivity contribution in [2.45, 2.75) is 18.9 Å². The number of rotatable bonds is 3.